The van der Waals surface area contributed by atoms with Crippen molar-refractivity contribution in [1.82, 2.24) is 14.6 Å². The number of benzene rings is 2. The summed E-state index contributed by atoms with van der Waals surface area (Å²) in [6.07, 6.45) is 4.57. The van der Waals surface area contributed by atoms with Gasteiger partial charge in [-0.1, -0.05) is 35.9 Å². The molecule has 34 heavy (non-hydrogen) atoms. The first-order chi connectivity index (χ1) is 16.6. The summed E-state index contributed by atoms with van der Waals surface area (Å²) in [5, 5.41) is 5.78. The molecule has 0 saturated carbocycles. The molecule has 1 saturated heterocycles. The van der Waals surface area contributed by atoms with E-state index in [0.717, 1.165) is 60.9 Å². The van der Waals surface area contributed by atoms with Crippen LogP contribution in [0.3, 0.4) is 0 Å². The summed E-state index contributed by atoms with van der Waals surface area (Å²) >= 11 is 6.27. The van der Waals surface area contributed by atoms with Crippen molar-refractivity contribution >= 4 is 28.8 Å². The molecule has 174 valence electrons. The van der Waals surface area contributed by atoms with Crippen LogP contribution in [0.1, 0.15) is 35.2 Å². The number of hydrogen-bond acceptors (Lipinski definition) is 4. The molecule has 6 rings (SSSR count). The van der Waals surface area contributed by atoms with Crippen molar-refractivity contribution in [2.75, 3.05) is 36.0 Å². The first kappa shape index (κ1) is 21.5. The molecular formula is C28H30ClN5. The SMILES string of the molecule is Cc1ccc(C)c(N2CCN(c3c4c(nc5cc(-c6cccc(Cl)c6)nn35)CCCC4)CC2)c1. The molecule has 0 atom stereocenters. The number of rotatable bonds is 3. The average Bonchev–Trinajstić information content (AvgIpc) is 3.28. The number of aryl methyl sites for hydroxylation is 3. The second-order valence-electron chi connectivity index (χ2n) is 9.64. The van der Waals surface area contributed by atoms with Crippen molar-refractivity contribution in [3.8, 4) is 11.3 Å². The smallest absolute Gasteiger partial charge is 0.158 e. The lowest BCUT2D eigenvalue weighted by atomic mass is 9.96. The lowest BCUT2D eigenvalue weighted by Gasteiger charge is -2.39. The highest BCUT2D eigenvalue weighted by molar-refractivity contribution is 6.30. The summed E-state index contributed by atoms with van der Waals surface area (Å²) in [5.74, 6) is 1.24. The predicted molar refractivity (Wildman–Crippen MR) is 140 cm³/mol. The van der Waals surface area contributed by atoms with Gasteiger partial charge in [0, 0.05) is 59.8 Å². The van der Waals surface area contributed by atoms with Crippen LogP contribution in [-0.4, -0.2) is 40.8 Å². The Hall–Kier alpha value is -3.05. The van der Waals surface area contributed by atoms with E-state index in [2.05, 4.69) is 58.5 Å². The van der Waals surface area contributed by atoms with Crippen LogP contribution in [0.2, 0.25) is 5.02 Å². The maximum atomic E-state index is 6.27. The van der Waals surface area contributed by atoms with E-state index >= 15 is 0 Å². The number of anilines is 2. The van der Waals surface area contributed by atoms with E-state index in [4.69, 9.17) is 21.7 Å². The van der Waals surface area contributed by atoms with Gasteiger partial charge in [0.05, 0.1) is 5.69 Å². The molecule has 1 aliphatic carbocycles. The van der Waals surface area contributed by atoms with E-state index in [1.165, 1.54) is 46.7 Å². The second kappa shape index (κ2) is 8.62. The minimum atomic E-state index is 0.726. The van der Waals surface area contributed by atoms with Crippen LogP contribution in [0.5, 0.6) is 0 Å². The fraction of sp³-hybridized carbons (Fsp3) is 0.357. The van der Waals surface area contributed by atoms with Crippen molar-refractivity contribution in [2.24, 2.45) is 0 Å². The van der Waals surface area contributed by atoms with Gasteiger partial charge in [-0.05, 0) is 68.9 Å². The zero-order chi connectivity index (χ0) is 23.2. The Bertz CT molecular complexity index is 1370. The molecular weight excluding hydrogens is 442 g/mol. The number of piperazine rings is 1. The number of nitrogens with zero attached hydrogens (tertiary/aromatic N) is 5. The van der Waals surface area contributed by atoms with E-state index in [1.54, 1.807) is 0 Å². The van der Waals surface area contributed by atoms with Gasteiger partial charge in [0.15, 0.2) is 5.65 Å². The van der Waals surface area contributed by atoms with Gasteiger partial charge in [-0.2, -0.15) is 9.61 Å². The van der Waals surface area contributed by atoms with E-state index in [-0.39, 0.29) is 0 Å². The van der Waals surface area contributed by atoms with Crippen molar-refractivity contribution in [3.63, 3.8) is 0 Å². The summed E-state index contributed by atoms with van der Waals surface area (Å²) in [5.41, 5.74) is 9.56. The van der Waals surface area contributed by atoms with Crippen LogP contribution in [0.4, 0.5) is 11.5 Å². The molecule has 2 aromatic heterocycles. The summed E-state index contributed by atoms with van der Waals surface area (Å²) in [4.78, 5) is 10.1. The number of aromatic nitrogens is 3. The Morgan fingerprint density at radius 1 is 0.853 bits per heavy atom. The summed E-state index contributed by atoms with van der Waals surface area (Å²) in [7, 11) is 0. The zero-order valence-electron chi connectivity index (χ0n) is 19.9. The van der Waals surface area contributed by atoms with Gasteiger partial charge < -0.3 is 9.80 Å². The average molecular weight is 472 g/mol. The van der Waals surface area contributed by atoms with Crippen LogP contribution in [-0.2, 0) is 12.8 Å². The third kappa shape index (κ3) is 3.82. The zero-order valence-corrected chi connectivity index (χ0v) is 20.6. The Labute approximate surface area is 206 Å². The molecule has 0 unspecified atom stereocenters. The van der Waals surface area contributed by atoms with E-state index < -0.39 is 0 Å². The van der Waals surface area contributed by atoms with Crippen molar-refractivity contribution in [1.29, 1.82) is 0 Å². The molecule has 0 N–H and O–H groups in total. The molecule has 1 fully saturated rings. The minimum absolute atomic E-state index is 0.726. The number of fused-ring (bicyclic) bond motifs is 2. The monoisotopic (exact) mass is 471 g/mol. The number of halogens is 1. The van der Waals surface area contributed by atoms with Gasteiger partial charge in [-0.3, -0.25) is 0 Å². The standard InChI is InChI=1S/C28H30ClN5/c1-19-10-11-20(2)26(16-19)32-12-14-33(15-13-32)28-23-8-3-4-9-24(23)30-27-18-25(31-34(27)28)21-6-5-7-22(29)17-21/h5-7,10-11,16-18H,3-4,8-9,12-15H2,1-2H3. The normalized spacial score (nSPS) is 16.2. The highest BCUT2D eigenvalue weighted by atomic mass is 35.5. The highest BCUT2D eigenvalue weighted by Gasteiger charge is 2.27. The van der Waals surface area contributed by atoms with E-state index in [9.17, 15) is 0 Å². The fourth-order valence-electron chi connectivity index (χ4n) is 5.46. The van der Waals surface area contributed by atoms with Crippen LogP contribution in [0.15, 0.2) is 48.5 Å². The maximum absolute atomic E-state index is 6.27. The summed E-state index contributed by atoms with van der Waals surface area (Å²) in [6, 6.07) is 16.8. The Balaban J connectivity index is 1.38. The molecule has 2 aliphatic rings. The predicted octanol–water partition coefficient (Wildman–Crippen LogP) is 5.87. The Kier molecular flexibility index (Phi) is 5.45. The van der Waals surface area contributed by atoms with Gasteiger partial charge >= 0.3 is 0 Å². The molecule has 2 aromatic carbocycles. The molecule has 0 amide bonds. The first-order valence-corrected chi connectivity index (χ1v) is 12.7. The van der Waals surface area contributed by atoms with Gasteiger partial charge in [-0.15, -0.1) is 0 Å². The largest absolute Gasteiger partial charge is 0.368 e. The lowest BCUT2D eigenvalue weighted by Crippen LogP contribution is -2.48. The van der Waals surface area contributed by atoms with Gasteiger partial charge in [0.1, 0.15) is 5.82 Å². The highest BCUT2D eigenvalue weighted by Crippen LogP contribution is 2.33. The third-order valence-electron chi connectivity index (χ3n) is 7.25. The molecule has 0 radical (unpaired) electrons. The Morgan fingerprint density at radius 2 is 1.65 bits per heavy atom. The molecule has 5 nitrogen and oxygen atoms in total. The van der Waals surface area contributed by atoms with Crippen LogP contribution in [0.25, 0.3) is 16.9 Å². The molecule has 4 aromatic rings. The fourth-order valence-corrected chi connectivity index (χ4v) is 5.65. The van der Waals surface area contributed by atoms with Gasteiger partial charge in [-0.25, -0.2) is 4.98 Å². The van der Waals surface area contributed by atoms with Crippen molar-refractivity contribution in [2.45, 2.75) is 39.5 Å². The third-order valence-corrected chi connectivity index (χ3v) is 7.49. The maximum Gasteiger partial charge on any atom is 0.158 e. The Morgan fingerprint density at radius 3 is 2.47 bits per heavy atom. The van der Waals surface area contributed by atoms with Gasteiger partial charge in [0.25, 0.3) is 0 Å². The second-order valence-corrected chi connectivity index (χ2v) is 10.1. The quantitative estimate of drug-likeness (QED) is 0.374. The lowest BCUT2D eigenvalue weighted by molar-refractivity contribution is 0.614. The van der Waals surface area contributed by atoms with E-state index in [0.29, 0.717) is 0 Å². The number of hydrogen-bond donors (Lipinski definition) is 0. The summed E-state index contributed by atoms with van der Waals surface area (Å²) in [6.45, 7) is 8.35. The molecule has 3 heterocycles. The van der Waals surface area contributed by atoms with Crippen molar-refractivity contribution < 1.29 is 0 Å². The van der Waals surface area contributed by atoms with Crippen LogP contribution < -0.4 is 9.80 Å². The molecule has 0 bridgehead atoms. The van der Waals surface area contributed by atoms with Crippen LogP contribution in [0, 0.1) is 13.8 Å². The molecule has 0 spiro atoms. The van der Waals surface area contributed by atoms with Crippen molar-refractivity contribution in [3.05, 3.63) is 75.9 Å². The topological polar surface area (TPSA) is 36.7 Å². The molecule has 6 heteroatoms. The van der Waals surface area contributed by atoms with Crippen LogP contribution >= 0.6 is 11.6 Å². The van der Waals surface area contributed by atoms with E-state index in [1.807, 2.05) is 18.2 Å². The molecule has 1 aliphatic heterocycles. The van der Waals surface area contributed by atoms with Gasteiger partial charge in [0.2, 0.25) is 0 Å². The first-order valence-electron chi connectivity index (χ1n) is 12.3. The minimum Gasteiger partial charge on any atom is -0.368 e. The summed E-state index contributed by atoms with van der Waals surface area (Å²) < 4.78 is 2.09.